The molecule has 1 aromatic heterocycles. The van der Waals surface area contributed by atoms with Gasteiger partial charge in [0.05, 0.1) is 15.4 Å². The molecule has 3 atom stereocenters. The molecule has 0 radical (unpaired) electrons. The standard InChI is InChI=1S/C21H26ClN3O5S2/c1-21(2,3)30-20(26)25-13-4-5-14(25)9-15(8-13)29-18-7-6-16(10-17(18)22)32(27,28)24-19-11-31-12-23-19/h6-7,10-15,24H,4-5,8-9H2,1-3H3/t13-,14+,15-. The van der Waals surface area contributed by atoms with E-state index >= 15 is 0 Å². The minimum atomic E-state index is -3.80. The fourth-order valence-electron chi connectivity index (χ4n) is 4.22. The SMILES string of the molecule is CC(C)(C)OC(=O)N1[C@@H]2CC[C@H]1C[C@H](Oc1ccc(S(=O)(=O)Nc3cscn3)cc1Cl)C2. The van der Waals surface area contributed by atoms with E-state index in [1.807, 2.05) is 25.7 Å². The van der Waals surface area contributed by atoms with E-state index in [9.17, 15) is 13.2 Å². The zero-order valence-electron chi connectivity index (χ0n) is 18.1. The van der Waals surface area contributed by atoms with Crippen LogP contribution in [0.3, 0.4) is 0 Å². The fourth-order valence-corrected chi connectivity index (χ4v) is 6.09. The molecule has 1 aromatic carbocycles. The van der Waals surface area contributed by atoms with Crippen molar-refractivity contribution in [3.05, 3.63) is 34.1 Å². The highest BCUT2D eigenvalue weighted by atomic mass is 35.5. The van der Waals surface area contributed by atoms with Crippen LogP contribution in [0.1, 0.15) is 46.5 Å². The molecule has 2 bridgehead atoms. The number of halogens is 1. The minimum absolute atomic E-state index is 0.0302. The van der Waals surface area contributed by atoms with Crippen molar-refractivity contribution < 1.29 is 22.7 Å². The number of fused-ring (bicyclic) bond motifs is 2. The first-order valence-electron chi connectivity index (χ1n) is 10.4. The monoisotopic (exact) mass is 499 g/mol. The van der Waals surface area contributed by atoms with Crippen molar-refractivity contribution in [3.63, 3.8) is 0 Å². The lowest BCUT2D eigenvalue weighted by Gasteiger charge is -2.39. The average Bonchev–Trinajstić information content (AvgIpc) is 3.27. The second kappa shape index (κ2) is 8.72. The number of piperidine rings is 1. The van der Waals surface area contributed by atoms with Gasteiger partial charge in [-0.1, -0.05) is 11.6 Å². The van der Waals surface area contributed by atoms with Gasteiger partial charge < -0.3 is 14.4 Å². The van der Waals surface area contributed by atoms with E-state index in [2.05, 4.69) is 9.71 Å². The zero-order chi connectivity index (χ0) is 23.1. The van der Waals surface area contributed by atoms with Gasteiger partial charge in [0.1, 0.15) is 17.5 Å². The summed E-state index contributed by atoms with van der Waals surface area (Å²) in [5.74, 6) is 0.688. The molecule has 3 heterocycles. The third-order valence-electron chi connectivity index (χ3n) is 5.47. The summed E-state index contributed by atoms with van der Waals surface area (Å²) in [6, 6.07) is 4.53. The highest BCUT2D eigenvalue weighted by Crippen LogP contribution is 2.39. The maximum atomic E-state index is 12.6. The molecule has 2 aromatic rings. The summed E-state index contributed by atoms with van der Waals surface area (Å²) in [6.07, 6.45) is 2.80. The maximum Gasteiger partial charge on any atom is 0.410 e. The third-order valence-corrected chi connectivity index (χ3v) is 7.71. The predicted molar refractivity (Wildman–Crippen MR) is 123 cm³/mol. The van der Waals surface area contributed by atoms with Crippen LogP contribution < -0.4 is 9.46 Å². The number of anilines is 1. The molecule has 0 unspecified atom stereocenters. The number of hydrogen-bond donors (Lipinski definition) is 1. The molecule has 0 spiro atoms. The van der Waals surface area contributed by atoms with Crippen LogP contribution in [-0.2, 0) is 14.8 Å². The van der Waals surface area contributed by atoms with Crippen LogP contribution in [0.25, 0.3) is 0 Å². The fraction of sp³-hybridized carbons (Fsp3) is 0.524. The second-order valence-electron chi connectivity index (χ2n) is 9.06. The van der Waals surface area contributed by atoms with Crippen molar-refractivity contribution in [1.29, 1.82) is 0 Å². The van der Waals surface area contributed by atoms with Gasteiger partial charge in [-0.2, -0.15) is 0 Å². The van der Waals surface area contributed by atoms with Crippen LogP contribution in [0.5, 0.6) is 5.75 Å². The summed E-state index contributed by atoms with van der Waals surface area (Å²) in [7, 11) is -3.80. The number of rotatable bonds is 5. The van der Waals surface area contributed by atoms with Crippen LogP contribution >= 0.6 is 22.9 Å². The molecule has 174 valence electrons. The van der Waals surface area contributed by atoms with Crippen molar-refractivity contribution in [3.8, 4) is 5.75 Å². The van der Waals surface area contributed by atoms with Crippen molar-refractivity contribution >= 4 is 44.9 Å². The molecule has 1 amide bonds. The van der Waals surface area contributed by atoms with Gasteiger partial charge in [-0.3, -0.25) is 4.72 Å². The zero-order valence-corrected chi connectivity index (χ0v) is 20.5. The van der Waals surface area contributed by atoms with Crippen LogP contribution in [0.4, 0.5) is 10.6 Å². The van der Waals surface area contributed by atoms with Gasteiger partial charge in [0.2, 0.25) is 0 Å². The maximum absolute atomic E-state index is 12.6. The molecule has 2 saturated heterocycles. The molecule has 0 aliphatic carbocycles. The van der Waals surface area contributed by atoms with Crippen LogP contribution in [0, 0.1) is 0 Å². The number of carbonyl (C=O) groups excluding carboxylic acids is 1. The van der Waals surface area contributed by atoms with Gasteiger partial charge in [-0.15, -0.1) is 11.3 Å². The number of ether oxygens (including phenoxy) is 2. The van der Waals surface area contributed by atoms with E-state index in [1.54, 1.807) is 17.0 Å². The molecule has 8 nitrogen and oxygen atoms in total. The summed E-state index contributed by atoms with van der Waals surface area (Å²) >= 11 is 7.66. The number of sulfonamides is 1. The Kier molecular flexibility index (Phi) is 6.30. The molecule has 1 N–H and O–H groups in total. The summed E-state index contributed by atoms with van der Waals surface area (Å²) < 4.78 is 39.2. The Morgan fingerprint density at radius 3 is 2.50 bits per heavy atom. The molecule has 11 heteroatoms. The average molecular weight is 500 g/mol. The lowest BCUT2D eigenvalue weighted by Crippen LogP contribution is -2.50. The molecular formula is C21H26ClN3O5S2. The lowest BCUT2D eigenvalue weighted by molar-refractivity contribution is -0.00707. The van der Waals surface area contributed by atoms with Crippen molar-refractivity contribution in [2.45, 2.75) is 75.1 Å². The Hall–Kier alpha value is -2.04. The Morgan fingerprint density at radius 1 is 1.25 bits per heavy atom. The van der Waals surface area contributed by atoms with Gasteiger partial charge in [-0.25, -0.2) is 18.2 Å². The summed E-state index contributed by atoms with van der Waals surface area (Å²) in [4.78, 5) is 18.4. The minimum Gasteiger partial charge on any atom is -0.489 e. The van der Waals surface area contributed by atoms with Gasteiger partial charge in [-0.05, 0) is 51.8 Å². The number of aromatic nitrogens is 1. The van der Waals surface area contributed by atoms with Crippen LogP contribution in [0.15, 0.2) is 34.0 Å². The summed E-state index contributed by atoms with van der Waals surface area (Å²) in [5, 5.41) is 1.82. The second-order valence-corrected chi connectivity index (χ2v) is 11.9. The highest BCUT2D eigenvalue weighted by molar-refractivity contribution is 7.92. The molecule has 2 aliphatic heterocycles. The van der Waals surface area contributed by atoms with E-state index in [0.29, 0.717) is 18.6 Å². The number of amides is 1. The van der Waals surface area contributed by atoms with E-state index in [0.717, 1.165) is 12.8 Å². The number of hydrogen-bond acceptors (Lipinski definition) is 7. The Balaban J connectivity index is 1.42. The summed E-state index contributed by atoms with van der Waals surface area (Å²) in [5.41, 5.74) is 1.01. The Bertz CT molecular complexity index is 1070. The number of thiazole rings is 1. The van der Waals surface area contributed by atoms with E-state index in [-0.39, 0.29) is 40.0 Å². The Morgan fingerprint density at radius 2 is 1.94 bits per heavy atom. The van der Waals surface area contributed by atoms with Crippen molar-refractivity contribution in [2.24, 2.45) is 0 Å². The quantitative estimate of drug-likeness (QED) is 0.627. The molecule has 32 heavy (non-hydrogen) atoms. The number of nitrogens with one attached hydrogen (secondary N) is 1. The first kappa shape index (κ1) is 23.1. The van der Waals surface area contributed by atoms with Crippen LogP contribution in [0.2, 0.25) is 5.02 Å². The number of nitrogens with zero attached hydrogens (tertiary/aromatic N) is 2. The number of carbonyl (C=O) groups is 1. The first-order valence-corrected chi connectivity index (χ1v) is 13.2. The molecule has 2 fully saturated rings. The van der Waals surface area contributed by atoms with Gasteiger partial charge in [0, 0.05) is 30.3 Å². The molecule has 4 rings (SSSR count). The topological polar surface area (TPSA) is 97.8 Å². The molecule has 2 aliphatic rings. The smallest absolute Gasteiger partial charge is 0.410 e. The number of benzene rings is 1. The van der Waals surface area contributed by atoms with Gasteiger partial charge in [0.25, 0.3) is 10.0 Å². The predicted octanol–water partition coefficient (Wildman–Crippen LogP) is 4.91. The summed E-state index contributed by atoms with van der Waals surface area (Å²) in [6.45, 7) is 5.59. The van der Waals surface area contributed by atoms with Crippen molar-refractivity contribution in [2.75, 3.05) is 4.72 Å². The van der Waals surface area contributed by atoms with Gasteiger partial charge in [0.15, 0.2) is 5.82 Å². The largest absolute Gasteiger partial charge is 0.489 e. The molecule has 0 saturated carbocycles. The first-order chi connectivity index (χ1) is 15.0. The lowest BCUT2D eigenvalue weighted by atomic mass is 10.00. The van der Waals surface area contributed by atoms with Gasteiger partial charge >= 0.3 is 6.09 Å². The van der Waals surface area contributed by atoms with E-state index in [4.69, 9.17) is 21.1 Å². The Labute approximate surface area is 196 Å². The van der Waals surface area contributed by atoms with E-state index < -0.39 is 15.6 Å². The normalized spacial score (nSPS) is 23.1. The third kappa shape index (κ3) is 5.13. The molecular weight excluding hydrogens is 474 g/mol. The highest BCUT2D eigenvalue weighted by Gasteiger charge is 2.45. The van der Waals surface area contributed by atoms with E-state index in [1.165, 1.54) is 23.5 Å². The van der Waals surface area contributed by atoms with Crippen molar-refractivity contribution in [1.82, 2.24) is 9.88 Å². The van der Waals surface area contributed by atoms with Crippen LogP contribution in [-0.4, -0.2) is 48.2 Å².